The Balaban J connectivity index is 0.000000894. The minimum atomic E-state index is -4.81. The number of hydrogen-bond acceptors (Lipinski definition) is 11. The molecule has 1 fully saturated rings. The molecule has 2 heterocycles. The minimum absolute atomic E-state index is 0.0159. The van der Waals surface area contributed by atoms with Gasteiger partial charge in [0.1, 0.15) is 24.1 Å². The molecule has 1 unspecified atom stereocenters. The van der Waals surface area contributed by atoms with Gasteiger partial charge in [0.25, 0.3) is 0 Å². The number of ether oxygens (including phenoxy) is 1. The second kappa shape index (κ2) is 18.3. The first-order valence-corrected chi connectivity index (χ1v) is 16.9. The number of aliphatic hydroxyl groups excluding tert-OH is 2. The molecule has 1 saturated heterocycles. The van der Waals surface area contributed by atoms with Crippen molar-refractivity contribution in [2.24, 2.45) is 0 Å². The van der Waals surface area contributed by atoms with Crippen molar-refractivity contribution in [1.29, 1.82) is 0 Å². The summed E-state index contributed by atoms with van der Waals surface area (Å²) in [5.41, 5.74) is 5.07. The first-order valence-electron chi connectivity index (χ1n) is 13.3. The molecule has 1 aromatic rings. The molecule has 236 valence electrons. The van der Waals surface area contributed by atoms with E-state index in [0.29, 0.717) is 5.56 Å². The molecule has 1 aliphatic rings. The van der Waals surface area contributed by atoms with Gasteiger partial charge in [-0.1, -0.05) is 41.5 Å². The van der Waals surface area contributed by atoms with Gasteiger partial charge in [0.2, 0.25) is 0 Å². The fourth-order valence-corrected chi connectivity index (χ4v) is 6.23. The fourth-order valence-electron chi connectivity index (χ4n) is 3.66. The van der Waals surface area contributed by atoms with Gasteiger partial charge in [-0.15, -0.1) is 0 Å². The van der Waals surface area contributed by atoms with E-state index in [9.17, 15) is 29.0 Å². The van der Waals surface area contributed by atoms with Crippen molar-refractivity contribution in [3.63, 3.8) is 0 Å². The molecular formula is C23H49N5O10P2. The lowest BCUT2D eigenvalue weighted by molar-refractivity contribution is -0.0524. The predicted octanol–water partition coefficient (Wildman–Crippen LogP) is 0.787. The Labute approximate surface area is 236 Å². The molecule has 0 radical (unpaired) electrons. The number of nitrogens with two attached hydrogens (primary N) is 1. The minimum Gasteiger partial charge on any atom is -0.387 e. The lowest BCUT2D eigenvalue weighted by atomic mass is 10.1. The van der Waals surface area contributed by atoms with E-state index in [0.717, 1.165) is 4.57 Å². The van der Waals surface area contributed by atoms with E-state index in [-0.39, 0.29) is 5.82 Å². The van der Waals surface area contributed by atoms with Crippen molar-refractivity contribution < 1.29 is 43.3 Å². The van der Waals surface area contributed by atoms with E-state index in [1.54, 1.807) is 6.92 Å². The summed E-state index contributed by atoms with van der Waals surface area (Å²) >= 11 is 0. The van der Waals surface area contributed by atoms with Crippen LogP contribution in [0.3, 0.4) is 0 Å². The zero-order chi connectivity index (χ0) is 31.3. The maximum absolute atomic E-state index is 11.9. The summed E-state index contributed by atoms with van der Waals surface area (Å²) in [7, 11) is -9.47. The molecule has 0 spiro atoms. The van der Waals surface area contributed by atoms with Crippen molar-refractivity contribution in [1.82, 2.24) is 19.4 Å². The molecule has 15 nitrogen and oxygen atoms in total. The Kier molecular flexibility index (Phi) is 17.8. The molecule has 40 heavy (non-hydrogen) atoms. The van der Waals surface area contributed by atoms with E-state index < -0.39 is 57.9 Å². The van der Waals surface area contributed by atoms with Gasteiger partial charge in [-0.25, -0.2) is 4.79 Å². The quantitative estimate of drug-likeness (QED) is 0.179. The van der Waals surface area contributed by atoms with E-state index in [1.807, 2.05) is 0 Å². The smallest absolute Gasteiger partial charge is 0.351 e. The second-order valence-corrected chi connectivity index (χ2v) is 13.0. The molecule has 1 aromatic heterocycles. The molecule has 7 N–H and O–H groups in total. The Morgan fingerprint density at radius 1 is 0.950 bits per heavy atom. The first-order chi connectivity index (χ1) is 18.5. The standard InChI is InChI=1S/C11H19N3O10P2.2C6H15N/c1-5-2-14(11(17)13-9(5)12)10-8(16)7(15)6(24-10)3-23-26(21,22)4-25(18,19)20;2*1-4-7(5-2)6-3/h2,6-8,10,15-16H,3-4H2,1H3,(H,21,22)(H2,12,13,17)(H2,18,19,20);2*4-6H2,1-3H3/t6-,7-,8-,10-;;/m1../s1. The van der Waals surface area contributed by atoms with Crippen molar-refractivity contribution in [2.45, 2.75) is 73.0 Å². The first kappa shape index (κ1) is 38.8. The molecule has 0 bridgehead atoms. The van der Waals surface area contributed by atoms with E-state index in [2.05, 4.69) is 60.8 Å². The van der Waals surface area contributed by atoms with Gasteiger partial charge in [0.05, 0.1) is 6.61 Å². The number of hydrogen-bond donors (Lipinski definition) is 6. The monoisotopic (exact) mass is 617 g/mol. The Bertz CT molecular complexity index is 993. The van der Waals surface area contributed by atoms with Gasteiger partial charge in [-0.3, -0.25) is 13.7 Å². The van der Waals surface area contributed by atoms with E-state index in [1.165, 1.54) is 45.5 Å². The third kappa shape index (κ3) is 13.6. The van der Waals surface area contributed by atoms with Crippen molar-refractivity contribution in [3.8, 4) is 0 Å². The Hall–Kier alpha value is -1.22. The number of aryl methyl sites for hydroxylation is 1. The molecule has 0 aromatic carbocycles. The predicted molar refractivity (Wildman–Crippen MR) is 153 cm³/mol. The van der Waals surface area contributed by atoms with Crippen LogP contribution in [0.5, 0.6) is 0 Å². The average Bonchev–Trinajstić information content (AvgIpc) is 3.15. The van der Waals surface area contributed by atoms with Gasteiger partial charge in [-0.2, -0.15) is 4.98 Å². The van der Waals surface area contributed by atoms with Crippen molar-refractivity contribution in [3.05, 3.63) is 22.2 Å². The lowest BCUT2D eigenvalue weighted by Gasteiger charge is -2.18. The molecule has 17 heteroatoms. The molecule has 0 amide bonds. The maximum atomic E-state index is 11.9. The van der Waals surface area contributed by atoms with Crippen LogP contribution in [0.1, 0.15) is 53.3 Å². The van der Waals surface area contributed by atoms with Crippen LogP contribution < -0.4 is 11.4 Å². The molecule has 1 aliphatic heterocycles. The maximum Gasteiger partial charge on any atom is 0.351 e. The highest BCUT2D eigenvalue weighted by Crippen LogP contribution is 2.55. The van der Waals surface area contributed by atoms with Crippen LogP contribution in [0.25, 0.3) is 0 Å². The summed E-state index contributed by atoms with van der Waals surface area (Å²) in [6, 6.07) is 0. The summed E-state index contributed by atoms with van der Waals surface area (Å²) in [5.74, 6) is -1.42. The zero-order valence-corrected chi connectivity index (χ0v) is 26.4. The number of nitrogen functional groups attached to an aromatic ring is 1. The normalized spacial score (nSPS) is 22.4. The van der Waals surface area contributed by atoms with Crippen LogP contribution >= 0.6 is 15.2 Å². The van der Waals surface area contributed by atoms with E-state index in [4.69, 9.17) is 20.3 Å². The molecule has 2 rings (SSSR count). The van der Waals surface area contributed by atoms with Crippen molar-refractivity contribution >= 4 is 21.0 Å². The topological polar surface area (TPSA) is 221 Å². The Morgan fingerprint density at radius 3 is 1.77 bits per heavy atom. The van der Waals surface area contributed by atoms with Gasteiger partial charge in [0.15, 0.2) is 12.1 Å². The Morgan fingerprint density at radius 2 is 1.40 bits per heavy atom. The number of nitrogens with zero attached hydrogens (tertiary/aromatic N) is 4. The SMILES string of the molecule is CCN(CC)CC.CCN(CC)CC.Cc1cn([C@@H]2O[C@H](COP(=O)(O)CP(=O)(O)O)[C@@H](O)[C@H]2O)c(=O)nc1N. The van der Waals surface area contributed by atoms with Gasteiger partial charge in [-0.05, 0) is 46.2 Å². The summed E-state index contributed by atoms with van der Waals surface area (Å²) < 4.78 is 33.2. The molecule has 5 atom stereocenters. The highest BCUT2D eigenvalue weighted by atomic mass is 31.2. The van der Waals surface area contributed by atoms with E-state index >= 15 is 0 Å². The van der Waals surface area contributed by atoms with Gasteiger partial charge >= 0.3 is 20.9 Å². The zero-order valence-electron chi connectivity index (χ0n) is 24.6. The largest absolute Gasteiger partial charge is 0.387 e. The third-order valence-electron chi connectivity index (χ3n) is 6.27. The number of anilines is 1. The lowest BCUT2D eigenvalue weighted by Crippen LogP contribution is -2.36. The van der Waals surface area contributed by atoms with Crippen LogP contribution in [-0.4, -0.2) is 114 Å². The number of aromatic nitrogens is 2. The molecule has 0 saturated carbocycles. The van der Waals surface area contributed by atoms with Crippen LogP contribution in [-0.2, 0) is 18.4 Å². The third-order valence-corrected chi connectivity index (χ3v) is 9.73. The highest BCUT2D eigenvalue weighted by molar-refractivity contribution is 7.70. The van der Waals surface area contributed by atoms with Gasteiger partial charge < -0.3 is 49.7 Å². The number of rotatable bonds is 12. The summed E-state index contributed by atoms with van der Waals surface area (Å²) in [6.07, 6.45) is -4.63. The number of aliphatic hydroxyl groups is 2. The highest BCUT2D eigenvalue weighted by Gasteiger charge is 2.45. The summed E-state index contributed by atoms with van der Waals surface area (Å²) in [4.78, 5) is 47.1. The van der Waals surface area contributed by atoms with Crippen LogP contribution in [0, 0.1) is 6.92 Å². The molecule has 0 aliphatic carbocycles. The van der Waals surface area contributed by atoms with Crippen LogP contribution in [0.2, 0.25) is 0 Å². The van der Waals surface area contributed by atoms with Crippen molar-refractivity contribution in [2.75, 3.05) is 57.5 Å². The second-order valence-electron chi connectivity index (χ2n) is 9.02. The summed E-state index contributed by atoms with van der Waals surface area (Å²) in [6.45, 7) is 21.1. The average molecular weight is 618 g/mol. The van der Waals surface area contributed by atoms with Gasteiger partial charge in [0, 0.05) is 11.8 Å². The van der Waals surface area contributed by atoms with Crippen LogP contribution in [0.4, 0.5) is 5.82 Å². The van der Waals surface area contributed by atoms with Crippen LogP contribution in [0.15, 0.2) is 11.0 Å². The summed E-state index contributed by atoms with van der Waals surface area (Å²) in [5, 5.41) is 20.1. The molecular weight excluding hydrogens is 568 g/mol. The fraction of sp³-hybridized carbons (Fsp3) is 0.826.